The molecule has 0 bridgehead atoms. The van der Waals surface area contributed by atoms with Crippen molar-refractivity contribution < 1.29 is 4.79 Å². The van der Waals surface area contributed by atoms with Gasteiger partial charge in [-0.2, -0.15) is 0 Å². The standard InChI is InChI=1S/C17H23N5OS/c1-12-5-7-21(9-15(12)22-8-6-18-11-22)17(23)20-16-19-14(10-24-16)13-3-2-4-13/h6,8,10-13,15H,2-5,7,9H2,1H3,(H,19,20,23)/t12-,15-/m1/s1. The number of urea groups is 1. The van der Waals surface area contributed by atoms with E-state index in [4.69, 9.17) is 0 Å². The van der Waals surface area contributed by atoms with Gasteiger partial charge < -0.3 is 9.47 Å². The zero-order chi connectivity index (χ0) is 16.5. The fourth-order valence-corrected chi connectivity index (χ4v) is 4.27. The number of amides is 2. The van der Waals surface area contributed by atoms with Crippen molar-refractivity contribution in [1.29, 1.82) is 0 Å². The lowest BCUT2D eigenvalue weighted by molar-refractivity contribution is 0.149. The van der Waals surface area contributed by atoms with E-state index in [1.54, 1.807) is 6.20 Å². The summed E-state index contributed by atoms with van der Waals surface area (Å²) < 4.78 is 2.11. The van der Waals surface area contributed by atoms with Crippen LogP contribution in [0.25, 0.3) is 0 Å². The van der Waals surface area contributed by atoms with Crippen molar-refractivity contribution in [2.45, 2.75) is 44.6 Å². The summed E-state index contributed by atoms with van der Waals surface area (Å²) in [4.78, 5) is 23.2. The molecule has 1 aliphatic heterocycles. The highest BCUT2D eigenvalue weighted by Gasteiger charge is 2.30. The average Bonchev–Trinajstić information content (AvgIpc) is 3.18. The Labute approximate surface area is 145 Å². The SMILES string of the molecule is C[C@@H]1CCN(C(=O)Nc2nc(C3CCC3)cs2)C[C@H]1n1ccnc1. The molecule has 1 saturated heterocycles. The van der Waals surface area contributed by atoms with Crippen LogP contribution in [0.5, 0.6) is 0 Å². The van der Waals surface area contributed by atoms with Gasteiger partial charge in [-0.3, -0.25) is 5.32 Å². The molecule has 2 fully saturated rings. The van der Waals surface area contributed by atoms with E-state index in [-0.39, 0.29) is 12.1 Å². The van der Waals surface area contributed by atoms with E-state index in [0.717, 1.165) is 23.8 Å². The molecule has 1 N–H and O–H groups in total. The van der Waals surface area contributed by atoms with Crippen LogP contribution in [0.1, 0.15) is 50.3 Å². The van der Waals surface area contributed by atoms with Crippen LogP contribution in [0.4, 0.5) is 9.93 Å². The minimum atomic E-state index is -0.0403. The monoisotopic (exact) mass is 345 g/mol. The highest BCUT2D eigenvalue weighted by atomic mass is 32.1. The maximum absolute atomic E-state index is 12.6. The Kier molecular flexibility index (Phi) is 4.26. The van der Waals surface area contributed by atoms with Crippen molar-refractivity contribution in [3.63, 3.8) is 0 Å². The third-order valence-corrected chi connectivity index (χ3v) is 6.15. The van der Waals surface area contributed by atoms with Gasteiger partial charge in [-0.05, 0) is 25.2 Å². The van der Waals surface area contributed by atoms with Gasteiger partial charge in [0.15, 0.2) is 5.13 Å². The Bertz CT molecular complexity index is 694. The minimum Gasteiger partial charge on any atom is -0.332 e. The second kappa shape index (κ2) is 6.55. The van der Waals surface area contributed by atoms with Crippen molar-refractivity contribution in [3.05, 3.63) is 29.8 Å². The van der Waals surface area contributed by atoms with Gasteiger partial charge in [-0.25, -0.2) is 14.8 Å². The van der Waals surface area contributed by atoms with Gasteiger partial charge in [0, 0.05) is 36.8 Å². The molecule has 1 saturated carbocycles. The van der Waals surface area contributed by atoms with E-state index in [1.165, 1.54) is 30.6 Å². The Morgan fingerprint density at radius 2 is 2.25 bits per heavy atom. The number of aromatic nitrogens is 3. The van der Waals surface area contributed by atoms with E-state index < -0.39 is 0 Å². The van der Waals surface area contributed by atoms with Gasteiger partial charge >= 0.3 is 6.03 Å². The number of anilines is 1. The van der Waals surface area contributed by atoms with Crippen LogP contribution in [0.2, 0.25) is 0 Å². The zero-order valence-electron chi connectivity index (χ0n) is 13.9. The molecule has 128 valence electrons. The van der Waals surface area contributed by atoms with Gasteiger partial charge in [0.05, 0.1) is 18.1 Å². The molecule has 0 radical (unpaired) electrons. The summed E-state index contributed by atoms with van der Waals surface area (Å²) in [6, 6.07) is 0.246. The van der Waals surface area contributed by atoms with Gasteiger partial charge in [0.2, 0.25) is 0 Å². The van der Waals surface area contributed by atoms with E-state index in [1.807, 2.05) is 17.4 Å². The minimum absolute atomic E-state index is 0.0403. The third kappa shape index (κ3) is 3.05. The fraction of sp³-hybridized carbons (Fsp3) is 0.588. The number of hydrogen-bond donors (Lipinski definition) is 1. The molecule has 4 rings (SSSR count). The molecular formula is C17H23N5OS. The van der Waals surface area contributed by atoms with E-state index in [9.17, 15) is 4.79 Å². The number of hydrogen-bond acceptors (Lipinski definition) is 4. The number of likely N-dealkylation sites (tertiary alicyclic amines) is 1. The molecule has 2 aromatic heterocycles. The van der Waals surface area contributed by atoms with Crippen molar-refractivity contribution in [2.75, 3.05) is 18.4 Å². The lowest BCUT2D eigenvalue weighted by Gasteiger charge is -2.37. The Hall–Kier alpha value is -1.89. The van der Waals surface area contributed by atoms with Crippen LogP contribution in [0.3, 0.4) is 0 Å². The number of piperidine rings is 1. The molecular weight excluding hydrogens is 322 g/mol. The first-order chi connectivity index (χ1) is 11.7. The second-order valence-corrected chi connectivity index (χ2v) is 7.78. The quantitative estimate of drug-likeness (QED) is 0.922. The number of thiazole rings is 1. The molecule has 1 aliphatic carbocycles. The van der Waals surface area contributed by atoms with Crippen molar-refractivity contribution in [1.82, 2.24) is 19.4 Å². The van der Waals surface area contributed by atoms with Gasteiger partial charge in [0.1, 0.15) is 0 Å². The Morgan fingerprint density at radius 3 is 2.96 bits per heavy atom. The fourth-order valence-electron chi connectivity index (χ4n) is 3.49. The molecule has 2 amide bonds. The molecule has 2 atom stereocenters. The van der Waals surface area contributed by atoms with Crippen LogP contribution in [0, 0.1) is 5.92 Å². The number of imidazole rings is 1. The van der Waals surface area contributed by atoms with Gasteiger partial charge in [-0.1, -0.05) is 13.3 Å². The molecule has 2 aromatic rings. The van der Waals surface area contributed by atoms with E-state index in [2.05, 4.69) is 32.2 Å². The third-order valence-electron chi connectivity index (χ3n) is 5.37. The number of nitrogens with zero attached hydrogens (tertiary/aromatic N) is 4. The molecule has 2 aliphatic rings. The summed E-state index contributed by atoms with van der Waals surface area (Å²) in [6.45, 7) is 3.74. The summed E-state index contributed by atoms with van der Waals surface area (Å²) in [5, 5.41) is 5.80. The normalized spacial score (nSPS) is 24.6. The van der Waals surface area contributed by atoms with E-state index in [0.29, 0.717) is 18.4 Å². The van der Waals surface area contributed by atoms with E-state index >= 15 is 0 Å². The molecule has 24 heavy (non-hydrogen) atoms. The molecule has 6 nitrogen and oxygen atoms in total. The first kappa shape index (κ1) is 15.6. The highest BCUT2D eigenvalue weighted by Crippen LogP contribution is 2.37. The van der Waals surface area contributed by atoms with Crippen molar-refractivity contribution in [2.24, 2.45) is 5.92 Å². The largest absolute Gasteiger partial charge is 0.332 e. The second-order valence-electron chi connectivity index (χ2n) is 6.92. The summed E-state index contributed by atoms with van der Waals surface area (Å²) >= 11 is 1.53. The number of rotatable bonds is 3. The summed E-state index contributed by atoms with van der Waals surface area (Å²) in [7, 11) is 0. The summed E-state index contributed by atoms with van der Waals surface area (Å²) in [6.07, 6.45) is 10.4. The number of carbonyl (C=O) groups excluding carboxylic acids is 1. The maximum atomic E-state index is 12.6. The summed E-state index contributed by atoms with van der Waals surface area (Å²) in [5.41, 5.74) is 1.14. The topological polar surface area (TPSA) is 63.1 Å². The highest BCUT2D eigenvalue weighted by molar-refractivity contribution is 7.13. The van der Waals surface area contributed by atoms with Gasteiger partial charge in [-0.15, -0.1) is 11.3 Å². The van der Waals surface area contributed by atoms with Gasteiger partial charge in [0.25, 0.3) is 0 Å². The molecule has 3 heterocycles. The van der Waals surface area contributed by atoms with Crippen LogP contribution in [0.15, 0.2) is 24.1 Å². The molecule has 7 heteroatoms. The molecule has 0 aromatic carbocycles. The van der Waals surface area contributed by atoms with Crippen LogP contribution >= 0.6 is 11.3 Å². The number of carbonyl (C=O) groups is 1. The molecule has 0 spiro atoms. The Morgan fingerprint density at radius 1 is 1.38 bits per heavy atom. The van der Waals surface area contributed by atoms with Crippen molar-refractivity contribution in [3.8, 4) is 0 Å². The van der Waals surface area contributed by atoms with Crippen LogP contribution in [-0.4, -0.2) is 38.6 Å². The average molecular weight is 345 g/mol. The smallest absolute Gasteiger partial charge is 0.323 e. The Balaban J connectivity index is 1.39. The molecule has 0 unspecified atom stereocenters. The summed E-state index contributed by atoms with van der Waals surface area (Å²) in [5.74, 6) is 1.14. The zero-order valence-corrected chi connectivity index (χ0v) is 14.7. The first-order valence-corrected chi connectivity index (χ1v) is 9.57. The van der Waals surface area contributed by atoms with Crippen LogP contribution < -0.4 is 5.32 Å². The van der Waals surface area contributed by atoms with Crippen molar-refractivity contribution >= 4 is 22.5 Å². The van der Waals surface area contributed by atoms with Crippen LogP contribution in [-0.2, 0) is 0 Å². The predicted molar refractivity (Wildman–Crippen MR) is 94.3 cm³/mol. The number of nitrogens with one attached hydrogen (secondary N) is 1. The lowest BCUT2D eigenvalue weighted by Crippen LogP contribution is -2.45. The maximum Gasteiger partial charge on any atom is 0.323 e. The lowest BCUT2D eigenvalue weighted by atomic mass is 9.83. The predicted octanol–water partition coefficient (Wildman–Crippen LogP) is 3.72. The first-order valence-electron chi connectivity index (χ1n) is 8.69.